The molecule has 0 amide bonds. The van der Waals surface area contributed by atoms with E-state index in [2.05, 4.69) is 46.4 Å². The summed E-state index contributed by atoms with van der Waals surface area (Å²) in [5.41, 5.74) is 0.696. The molecule has 1 N–H and O–H groups in total. The van der Waals surface area contributed by atoms with Crippen LogP contribution in [-0.2, 0) is 13.1 Å². The molecule has 1 aromatic heterocycles. The molecule has 4 heteroatoms. The molecule has 0 aliphatic carbocycles. The third-order valence-electron chi connectivity index (χ3n) is 3.39. The monoisotopic (exact) mass is 308 g/mol. The van der Waals surface area contributed by atoms with Crippen molar-refractivity contribution in [3.63, 3.8) is 0 Å². The van der Waals surface area contributed by atoms with Gasteiger partial charge in [-0.2, -0.15) is 0 Å². The Bertz CT molecular complexity index is 508. The zero-order chi connectivity index (χ0) is 16.9. The summed E-state index contributed by atoms with van der Waals surface area (Å²) in [5.74, 6) is 1.47. The molecular weight excluding hydrogens is 276 g/mol. The third-order valence-corrected chi connectivity index (χ3v) is 3.39. The molecule has 1 aromatic rings. The normalized spacial score (nSPS) is 12.1. The molecule has 0 fully saturated rings. The van der Waals surface area contributed by atoms with Gasteiger partial charge in [0.25, 0.3) is 0 Å². The Balaban J connectivity index is 3.05. The van der Waals surface area contributed by atoms with E-state index >= 15 is 0 Å². The van der Waals surface area contributed by atoms with Crippen molar-refractivity contribution in [2.75, 3.05) is 13.1 Å². The molecule has 0 saturated carbocycles. The first kappa shape index (κ1) is 18.8. The molecule has 0 saturated heterocycles. The largest absolute Gasteiger partial charge is 0.503 e. The molecule has 1 rings (SSSR count). The van der Waals surface area contributed by atoms with E-state index in [0.29, 0.717) is 17.8 Å². The van der Waals surface area contributed by atoms with Crippen molar-refractivity contribution >= 4 is 0 Å². The maximum atomic E-state index is 11.8. The van der Waals surface area contributed by atoms with Gasteiger partial charge in [-0.1, -0.05) is 41.5 Å². The molecule has 22 heavy (non-hydrogen) atoms. The van der Waals surface area contributed by atoms with Crippen molar-refractivity contribution < 1.29 is 5.11 Å². The van der Waals surface area contributed by atoms with Crippen LogP contribution in [0.1, 0.15) is 47.2 Å². The van der Waals surface area contributed by atoms with Crippen LogP contribution in [0.5, 0.6) is 5.75 Å². The Morgan fingerprint density at radius 1 is 1.05 bits per heavy atom. The van der Waals surface area contributed by atoms with E-state index in [1.54, 1.807) is 12.3 Å². The topological polar surface area (TPSA) is 45.5 Å². The van der Waals surface area contributed by atoms with Gasteiger partial charge in [0.1, 0.15) is 0 Å². The van der Waals surface area contributed by atoms with E-state index in [1.807, 2.05) is 4.57 Å². The van der Waals surface area contributed by atoms with E-state index < -0.39 is 0 Å². The van der Waals surface area contributed by atoms with Crippen molar-refractivity contribution in [2.24, 2.45) is 17.8 Å². The predicted octanol–water partition coefficient (Wildman–Crippen LogP) is 3.32. The fourth-order valence-corrected chi connectivity index (χ4v) is 2.77. The van der Waals surface area contributed by atoms with Gasteiger partial charge in [0.15, 0.2) is 5.75 Å². The summed E-state index contributed by atoms with van der Waals surface area (Å²) < 4.78 is 2.02. The van der Waals surface area contributed by atoms with E-state index in [-0.39, 0.29) is 11.2 Å². The van der Waals surface area contributed by atoms with Crippen LogP contribution in [0.2, 0.25) is 0 Å². The second kappa shape index (κ2) is 8.37. The van der Waals surface area contributed by atoms with E-state index in [0.717, 1.165) is 31.9 Å². The van der Waals surface area contributed by atoms with Crippen LogP contribution in [0.15, 0.2) is 17.1 Å². The van der Waals surface area contributed by atoms with E-state index in [1.165, 1.54) is 0 Å². The Kier molecular flexibility index (Phi) is 7.14. The van der Waals surface area contributed by atoms with Crippen LogP contribution in [0.3, 0.4) is 0 Å². The molecule has 0 aliphatic rings. The van der Waals surface area contributed by atoms with E-state index in [9.17, 15) is 9.90 Å². The average Bonchev–Trinajstić information content (AvgIpc) is 2.33. The van der Waals surface area contributed by atoms with Crippen LogP contribution >= 0.6 is 0 Å². The van der Waals surface area contributed by atoms with Gasteiger partial charge < -0.3 is 9.67 Å². The summed E-state index contributed by atoms with van der Waals surface area (Å²) in [6.07, 6.45) is 1.58. The van der Waals surface area contributed by atoms with Crippen molar-refractivity contribution in [3.8, 4) is 5.75 Å². The van der Waals surface area contributed by atoms with Gasteiger partial charge in [-0.3, -0.25) is 9.69 Å². The molecule has 0 unspecified atom stereocenters. The zero-order valence-electron chi connectivity index (χ0n) is 15.0. The van der Waals surface area contributed by atoms with Crippen molar-refractivity contribution in [2.45, 2.75) is 54.6 Å². The Labute approximate surface area is 134 Å². The minimum atomic E-state index is -0.288. The summed E-state index contributed by atoms with van der Waals surface area (Å²) in [6, 6.07) is 1.59. The van der Waals surface area contributed by atoms with Crippen LogP contribution in [-0.4, -0.2) is 27.7 Å². The van der Waals surface area contributed by atoms with Crippen LogP contribution < -0.4 is 5.43 Å². The highest BCUT2D eigenvalue weighted by molar-refractivity contribution is 5.20. The highest BCUT2D eigenvalue weighted by Crippen LogP contribution is 2.13. The Morgan fingerprint density at radius 2 is 1.59 bits per heavy atom. The number of hydrogen-bond donors (Lipinski definition) is 1. The van der Waals surface area contributed by atoms with Crippen LogP contribution in [0.25, 0.3) is 0 Å². The summed E-state index contributed by atoms with van der Waals surface area (Å²) in [6.45, 7) is 16.7. The molecular formula is C18H32N2O2. The van der Waals surface area contributed by atoms with Gasteiger partial charge in [0.05, 0.1) is 6.20 Å². The molecule has 126 valence electrons. The van der Waals surface area contributed by atoms with Crippen LogP contribution in [0.4, 0.5) is 0 Å². The SMILES string of the molecule is CC(C)CN(Cc1cc(=O)c(O)cn1CC(C)C)CC(C)C. The summed E-state index contributed by atoms with van der Waals surface area (Å²) >= 11 is 0. The van der Waals surface area contributed by atoms with E-state index in [4.69, 9.17) is 0 Å². The van der Waals surface area contributed by atoms with Gasteiger partial charge in [-0.15, -0.1) is 0 Å². The third kappa shape index (κ3) is 6.22. The van der Waals surface area contributed by atoms with Gasteiger partial charge in [-0.05, 0) is 17.8 Å². The number of rotatable bonds is 8. The molecule has 0 spiro atoms. The minimum Gasteiger partial charge on any atom is -0.503 e. The molecule has 1 heterocycles. The van der Waals surface area contributed by atoms with Crippen LogP contribution in [0, 0.1) is 17.8 Å². The Hall–Kier alpha value is -1.29. The first-order valence-corrected chi connectivity index (χ1v) is 8.33. The fraction of sp³-hybridized carbons (Fsp3) is 0.722. The smallest absolute Gasteiger partial charge is 0.223 e. The number of hydrogen-bond acceptors (Lipinski definition) is 3. The second-order valence-corrected chi connectivity index (χ2v) is 7.54. The maximum Gasteiger partial charge on any atom is 0.223 e. The summed E-state index contributed by atoms with van der Waals surface area (Å²) in [7, 11) is 0. The maximum absolute atomic E-state index is 11.8. The first-order chi connectivity index (χ1) is 10.2. The molecule has 0 aliphatic heterocycles. The molecule has 0 atom stereocenters. The highest BCUT2D eigenvalue weighted by atomic mass is 16.3. The molecule has 0 radical (unpaired) electrons. The minimum absolute atomic E-state index is 0.163. The van der Waals surface area contributed by atoms with Crippen molar-refractivity contribution in [3.05, 3.63) is 28.2 Å². The van der Waals surface area contributed by atoms with Crippen molar-refractivity contribution in [1.82, 2.24) is 9.47 Å². The number of aromatic nitrogens is 1. The fourth-order valence-electron chi connectivity index (χ4n) is 2.77. The molecule has 0 aromatic carbocycles. The molecule has 0 bridgehead atoms. The first-order valence-electron chi connectivity index (χ1n) is 8.33. The highest BCUT2D eigenvalue weighted by Gasteiger charge is 2.14. The molecule has 4 nitrogen and oxygen atoms in total. The standard InChI is InChI=1S/C18H32N2O2/c1-13(2)8-19(9-14(3)4)11-16-7-17(21)18(22)12-20(16)10-15(5)6/h7,12-15,22H,8-11H2,1-6H3. The lowest BCUT2D eigenvalue weighted by Gasteiger charge is -2.28. The second-order valence-electron chi connectivity index (χ2n) is 7.54. The summed E-state index contributed by atoms with van der Waals surface area (Å²) in [5, 5.41) is 9.72. The summed E-state index contributed by atoms with van der Waals surface area (Å²) in [4.78, 5) is 14.2. The predicted molar refractivity (Wildman–Crippen MR) is 92.2 cm³/mol. The lowest BCUT2D eigenvalue weighted by Crippen LogP contribution is -2.32. The van der Waals surface area contributed by atoms with Gasteiger partial charge in [0, 0.05) is 37.9 Å². The quantitative estimate of drug-likeness (QED) is 0.801. The average molecular weight is 308 g/mol. The number of aromatic hydroxyl groups is 1. The number of pyridine rings is 1. The van der Waals surface area contributed by atoms with Gasteiger partial charge in [0.2, 0.25) is 5.43 Å². The lowest BCUT2D eigenvalue weighted by molar-refractivity contribution is 0.205. The number of nitrogens with zero attached hydrogens (tertiary/aromatic N) is 2. The van der Waals surface area contributed by atoms with Gasteiger partial charge >= 0.3 is 0 Å². The zero-order valence-corrected chi connectivity index (χ0v) is 15.0. The lowest BCUT2D eigenvalue weighted by atomic mass is 10.1. The van der Waals surface area contributed by atoms with Gasteiger partial charge in [-0.25, -0.2) is 0 Å². The van der Waals surface area contributed by atoms with Crippen molar-refractivity contribution in [1.29, 1.82) is 0 Å². The Morgan fingerprint density at radius 3 is 2.05 bits per heavy atom.